The molecule has 0 saturated heterocycles. The Morgan fingerprint density at radius 2 is 2.07 bits per heavy atom. The van der Waals surface area contributed by atoms with Crippen LogP contribution in [0.15, 0.2) is 29.2 Å². The van der Waals surface area contributed by atoms with Crippen molar-refractivity contribution in [2.45, 2.75) is 4.90 Å². The van der Waals surface area contributed by atoms with Gasteiger partial charge in [-0.1, -0.05) is 6.07 Å². The first-order valence-corrected chi connectivity index (χ1v) is 6.50. The fraction of sp³-hybridized carbons (Fsp3) is 0.333. The molecule has 0 fully saturated rings. The molecule has 0 aromatic heterocycles. The Labute approximate surface area is 94.7 Å². The Morgan fingerprint density at radius 3 is 2.67 bits per heavy atom. The zero-order valence-electron chi connectivity index (χ0n) is 8.21. The first-order chi connectivity index (χ1) is 6.97. The molecule has 15 heavy (non-hydrogen) atoms. The summed E-state index contributed by atoms with van der Waals surface area (Å²) in [5, 5.41) is 0. The van der Waals surface area contributed by atoms with Crippen LogP contribution in [0.3, 0.4) is 0 Å². The second-order valence-corrected chi connectivity index (χ2v) is 5.03. The molecule has 0 bridgehead atoms. The molecular weight excluding hydrogens is 236 g/mol. The molecule has 0 amide bonds. The number of hydrogen-bond acceptors (Lipinski definition) is 5. The highest BCUT2D eigenvalue weighted by molar-refractivity contribution is 7.86. The number of rotatable bonds is 5. The molecule has 6 heteroatoms. The summed E-state index contributed by atoms with van der Waals surface area (Å²) in [6, 6.07) is 7.13. The Hall–Kier alpha value is -0.720. The van der Waals surface area contributed by atoms with Gasteiger partial charge in [-0.2, -0.15) is 8.42 Å². The predicted octanol–water partition coefficient (Wildman–Crippen LogP) is 1.33. The molecule has 0 saturated carbocycles. The van der Waals surface area contributed by atoms with E-state index in [-0.39, 0.29) is 13.2 Å². The monoisotopic (exact) mass is 248 g/mol. The maximum absolute atomic E-state index is 10.6. The molecule has 84 valence electrons. The predicted molar refractivity (Wildman–Crippen MR) is 60.0 cm³/mol. The largest absolute Gasteiger partial charge is 0.491 e. The lowest BCUT2D eigenvalue weighted by molar-refractivity contribution is 0.222. The molecule has 0 aliphatic heterocycles. The van der Waals surface area contributed by atoms with Crippen molar-refractivity contribution in [3.63, 3.8) is 0 Å². The van der Waals surface area contributed by atoms with Gasteiger partial charge in [-0.05, 0) is 18.2 Å². The van der Waals surface area contributed by atoms with E-state index in [4.69, 9.17) is 4.74 Å². The molecule has 0 unspecified atom stereocenters. The zero-order chi connectivity index (χ0) is 11.3. The van der Waals surface area contributed by atoms with E-state index in [1.807, 2.05) is 6.07 Å². The molecule has 0 aliphatic rings. The molecule has 0 N–H and O–H groups in total. The van der Waals surface area contributed by atoms with Crippen molar-refractivity contribution in [3.05, 3.63) is 24.3 Å². The Morgan fingerprint density at radius 1 is 1.33 bits per heavy atom. The molecule has 1 aromatic rings. The second-order valence-electron chi connectivity index (χ2n) is 2.87. The summed E-state index contributed by atoms with van der Waals surface area (Å²) >= 11 is 4.14. The fourth-order valence-electron chi connectivity index (χ4n) is 0.918. The second kappa shape index (κ2) is 5.39. The smallest absolute Gasteiger partial charge is 0.264 e. The van der Waals surface area contributed by atoms with E-state index in [1.54, 1.807) is 18.2 Å². The lowest BCUT2D eigenvalue weighted by atomic mass is 10.3. The van der Waals surface area contributed by atoms with Gasteiger partial charge in [0.1, 0.15) is 19.0 Å². The number of hydrogen-bond donors (Lipinski definition) is 1. The van der Waals surface area contributed by atoms with E-state index >= 15 is 0 Å². The Balaban J connectivity index is 2.32. The minimum Gasteiger partial charge on any atom is -0.491 e. The van der Waals surface area contributed by atoms with Gasteiger partial charge in [-0.25, -0.2) is 0 Å². The highest BCUT2D eigenvalue weighted by Gasteiger charge is 2.01. The van der Waals surface area contributed by atoms with Crippen molar-refractivity contribution < 1.29 is 17.3 Å². The standard InChI is InChI=1S/C9H12O4S2/c1-15(10,11)13-6-5-12-8-3-2-4-9(14)7-8/h2-4,7,14H,5-6H2,1H3. The average Bonchev–Trinajstić information content (AvgIpc) is 2.11. The molecule has 0 spiro atoms. The summed E-state index contributed by atoms with van der Waals surface area (Å²) in [4.78, 5) is 0.788. The summed E-state index contributed by atoms with van der Waals surface area (Å²) < 4.78 is 31.0. The van der Waals surface area contributed by atoms with Gasteiger partial charge in [0, 0.05) is 4.90 Å². The van der Waals surface area contributed by atoms with E-state index in [0.29, 0.717) is 5.75 Å². The molecular formula is C9H12O4S2. The Kier molecular flexibility index (Phi) is 4.44. The molecule has 1 rings (SSSR count). The van der Waals surface area contributed by atoms with Crippen LogP contribution < -0.4 is 4.74 Å². The molecule has 0 aliphatic carbocycles. The van der Waals surface area contributed by atoms with Crippen LogP contribution in [-0.4, -0.2) is 27.9 Å². The van der Waals surface area contributed by atoms with E-state index in [2.05, 4.69) is 16.8 Å². The zero-order valence-corrected chi connectivity index (χ0v) is 9.92. The Bertz CT molecular complexity index is 414. The van der Waals surface area contributed by atoms with Crippen LogP contribution >= 0.6 is 12.6 Å². The third-order valence-corrected chi connectivity index (χ3v) is 2.34. The first kappa shape index (κ1) is 12.4. The molecule has 0 radical (unpaired) electrons. The van der Waals surface area contributed by atoms with E-state index in [0.717, 1.165) is 11.2 Å². The number of thiol groups is 1. The van der Waals surface area contributed by atoms with Gasteiger partial charge in [-0.15, -0.1) is 12.6 Å². The van der Waals surface area contributed by atoms with Gasteiger partial charge in [-0.3, -0.25) is 4.18 Å². The van der Waals surface area contributed by atoms with Crippen LogP contribution in [0.2, 0.25) is 0 Å². The minimum absolute atomic E-state index is 0.00956. The van der Waals surface area contributed by atoms with E-state index < -0.39 is 10.1 Å². The quantitative estimate of drug-likeness (QED) is 0.485. The summed E-state index contributed by atoms with van der Waals surface area (Å²) in [6.07, 6.45) is 1.00. The SMILES string of the molecule is CS(=O)(=O)OCCOc1cccc(S)c1. The maximum Gasteiger partial charge on any atom is 0.264 e. The summed E-state index contributed by atoms with van der Waals surface area (Å²) in [5.41, 5.74) is 0. The van der Waals surface area contributed by atoms with Crippen molar-refractivity contribution >= 4 is 22.7 Å². The van der Waals surface area contributed by atoms with Gasteiger partial charge >= 0.3 is 0 Å². The third-order valence-electron chi connectivity index (χ3n) is 1.47. The molecule has 4 nitrogen and oxygen atoms in total. The van der Waals surface area contributed by atoms with Crippen molar-refractivity contribution in [1.82, 2.24) is 0 Å². The lowest BCUT2D eigenvalue weighted by Crippen LogP contribution is -2.11. The minimum atomic E-state index is -3.38. The van der Waals surface area contributed by atoms with E-state index in [9.17, 15) is 8.42 Å². The number of ether oxygens (including phenoxy) is 1. The van der Waals surface area contributed by atoms with Crippen molar-refractivity contribution in [1.29, 1.82) is 0 Å². The highest BCUT2D eigenvalue weighted by Crippen LogP contribution is 2.15. The van der Waals surface area contributed by atoms with Gasteiger partial charge in [0.25, 0.3) is 10.1 Å². The molecule has 0 atom stereocenters. The summed E-state index contributed by atoms with van der Waals surface area (Å²) in [7, 11) is -3.38. The van der Waals surface area contributed by atoms with Crippen molar-refractivity contribution in [3.8, 4) is 5.75 Å². The molecule has 1 aromatic carbocycles. The van der Waals surface area contributed by atoms with Crippen LogP contribution in [0.4, 0.5) is 0 Å². The third kappa shape index (κ3) is 5.66. The normalized spacial score (nSPS) is 11.3. The van der Waals surface area contributed by atoms with Gasteiger partial charge < -0.3 is 4.74 Å². The average molecular weight is 248 g/mol. The molecule has 0 heterocycles. The summed E-state index contributed by atoms with van der Waals surface area (Å²) in [5.74, 6) is 0.639. The summed E-state index contributed by atoms with van der Waals surface area (Å²) in [6.45, 7) is 0.194. The van der Waals surface area contributed by atoms with Gasteiger partial charge in [0.15, 0.2) is 0 Å². The number of benzene rings is 1. The van der Waals surface area contributed by atoms with Gasteiger partial charge in [0.2, 0.25) is 0 Å². The topological polar surface area (TPSA) is 52.6 Å². The first-order valence-electron chi connectivity index (χ1n) is 4.23. The van der Waals surface area contributed by atoms with Crippen LogP contribution in [-0.2, 0) is 14.3 Å². The van der Waals surface area contributed by atoms with E-state index in [1.165, 1.54) is 0 Å². The van der Waals surface area contributed by atoms with Crippen LogP contribution in [0.25, 0.3) is 0 Å². The van der Waals surface area contributed by atoms with Crippen molar-refractivity contribution in [2.24, 2.45) is 0 Å². The highest BCUT2D eigenvalue weighted by atomic mass is 32.2. The van der Waals surface area contributed by atoms with Crippen LogP contribution in [0.1, 0.15) is 0 Å². The maximum atomic E-state index is 10.6. The van der Waals surface area contributed by atoms with Crippen LogP contribution in [0, 0.1) is 0 Å². The fourth-order valence-corrected chi connectivity index (χ4v) is 1.50. The lowest BCUT2D eigenvalue weighted by Gasteiger charge is -2.05. The van der Waals surface area contributed by atoms with Crippen molar-refractivity contribution in [2.75, 3.05) is 19.5 Å². The van der Waals surface area contributed by atoms with Crippen LogP contribution in [0.5, 0.6) is 5.75 Å². The van der Waals surface area contributed by atoms with Gasteiger partial charge in [0.05, 0.1) is 6.26 Å².